The van der Waals surface area contributed by atoms with E-state index in [-0.39, 0.29) is 11.5 Å². The van der Waals surface area contributed by atoms with Crippen LogP contribution in [-0.2, 0) is 0 Å². The molecule has 0 spiro atoms. The zero-order chi connectivity index (χ0) is 19.6. The Morgan fingerprint density at radius 3 is 2.56 bits per heavy atom. The Hall–Kier alpha value is -3.52. The van der Waals surface area contributed by atoms with Crippen molar-refractivity contribution in [1.82, 2.24) is 4.98 Å². The van der Waals surface area contributed by atoms with Gasteiger partial charge in [0.05, 0.1) is 15.5 Å². The summed E-state index contributed by atoms with van der Waals surface area (Å²) in [4.78, 5) is 27.5. The lowest BCUT2D eigenvalue weighted by molar-refractivity contribution is -0.385. The molecule has 0 aliphatic heterocycles. The van der Waals surface area contributed by atoms with Crippen molar-refractivity contribution in [2.75, 3.05) is 0 Å². The van der Waals surface area contributed by atoms with Gasteiger partial charge in [-0.2, -0.15) is 0 Å². The number of phenols is 2. The van der Waals surface area contributed by atoms with Gasteiger partial charge in [0.2, 0.25) is 0 Å². The number of nitro benzene ring substituents is 1. The molecule has 136 valence electrons. The first-order valence-corrected chi connectivity index (χ1v) is 8.63. The quantitative estimate of drug-likeness (QED) is 0.294. The van der Waals surface area contributed by atoms with Crippen LogP contribution in [0.4, 0.5) is 5.69 Å². The van der Waals surface area contributed by atoms with Crippen LogP contribution in [0.5, 0.6) is 11.5 Å². The number of nitrogens with zero attached hydrogens (tertiary/aromatic N) is 2. The second-order valence-corrected chi connectivity index (χ2v) is 6.68. The SMILES string of the molecule is Cc1nc(-c2ccc(O)cc2)sc1C(=O)/C=C/c1ccc(O)c([N+](=O)[O-])c1. The molecule has 0 radical (unpaired) electrons. The predicted molar refractivity (Wildman–Crippen MR) is 102 cm³/mol. The molecule has 3 aromatic rings. The van der Waals surface area contributed by atoms with E-state index < -0.39 is 16.4 Å². The summed E-state index contributed by atoms with van der Waals surface area (Å²) < 4.78 is 0. The minimum atomic E-state index is -0.689. The number of hydrogen-bond acceptors (Lipinski definition) is 7. The molecule has 1 aromatic heterocycles. The maximum absolute atomic E-state index is 12.5. The molecule has 0 fully saturated rings. The Morgan fingerprint density at radius 1 is 1.19 bits per heavy atom. The van der Waals surface area contributed by atoms with Gasteiger partial charge in [-0.15, -0.1) is 11.3 Å². The van der Waals surface area contributed by atoms with Gasteiger partial charge in [0.1, 0.15) is 10.8 Å². The third kappa shape index (κ3) is 4.01. The fourth-order valence-electron chi connectivity index (χ4n) is 2.39. The molecule has 2 aromatic carbocycles. The number of benzene rings is 2. The number of carbonyl (C=O) groups is 1. The van der Waals surface area contributed by atoms with Crippen molar-refractivity contribution in [3.8, 4) is 22.1 Å². The number of nitro groups is 1. The Labute approximate surface area is 158 Å². The zero-order valence-electron chi connectivity index (χ0n) is 14.1. The van der Waals surface area contributed by atoms with Crippen molar-refractivity contribution in [3.05, 3.63) is 74.8 Å². The molecule has 0 amide bonds. The van der Waals surface area contributed by atoms with E-state index >= 15 is 0 Å². The summed E-state index contributed by atoms with van der Waals surface area (Å²) in [7, 11) is 0. The second kappa shape index (κ2) is 7.38. The summed E-state index contributed by atoms with van der Waals surface area (Å²) in [6, 6.07) is 10.4. The molecule has 1 heterocycles. The largest absolute Gasteiger partial charge is 0.508 e. The minimum absolute atomic E-state index is 0.147. The van der Waals surface area contributed by atoms with Crippen molar-refractivity contribution in [3.63, 3.8) is 0 Å². The molecular weight excluding hydrogens is 368 g/mol. The van der Waals surface area contributed by atoms with Crippen molar-refractivity contribution < 1.29 is 19.9 Å². The summed E-state index contributed by atoms with van der Waals surface area (Å²) >= 11 is 1.23. The summed E-state index contributed by atoms with van der Waals surface area (Å²) in [5.74, 6) is -0.555. The molecule has 0 saturated carbocycles. The smallest absolute Gasteiger partial charge is 0.311 e. The van der Waals surface area contributed by atoms with Gasteiger partial charge in [-0.1, -0.05) is 12.1 Å². The number of phenolic OH excluding ortho intramolecular Hbond substituents is 2. The van der Waals surface area contributed by atoms with E-state index in [0.29, 0.717) is 21.1 Å². The molecule has 0 atom stereocenters. The maximum atomic E-state index is 12.5. The van der Waals surface area contributed by atoms with Crippen LogP contribution in [0.2, 0.25) is 0 Å². The third-order valence-corrected chi connectivity index (χ3v) is 4.98. The molecule has 0 aliphatic rings. The van der Waals surface area contributed by atoms with Gasteiger partial charge in [-0.05, 0) is 48.9 Å². The molecule has 3 rings (SSSR count). The predicted octanol–water partition coefficient (Wildman–Crippen LogP) is 4.33. The van der Waals surface area contributed by atoms with E-state index in [1.54, 1.807) is 31.2 Å². The first-order chi connectivity index (χ1) is 12.8. The summed E-state index contributed by atoms with van der Waals surface area (Å²) in [5, 5.41) is 30.4. The summed E-state index contributed by atoms with van der Waals surface area (Å²) in [5.41, 5.74) is 1.37. The molecule has 0 unspecified atom stereocenters. The Morgan fingerprint density at radius 2 is 1.89 bits per heavy atom. The van der Waals surface area contributed by atoms with Gasteiger partial charge in [0, 0.05) is 11.6 Å². The highest BCUT2D eigenvalue weighted by Gasteiger charge is 2.15. The Balaban J connectivity index is 1.84. The lowest BCUT2D eigenvalue weighted by Crippen LogP contribution is -1.93. The van der Waals surface area contributed by atoms with Crippen LogP contribution < -0.4 is 0 Å². The van der Waals surface area contributed by atoms with Gasteiger partial charge in [0.15, 0.2) is 11.5 Å². The average Bonchev–Trinajstić information content (AvgIpc) is 3.03. The standard InChI is InChI=1S/C19H14N2O5S/c1-11-18(27-19(20-11)13-4-6-14(22)7-5-13)17(24)9-3-12-2-8-16(23)15(10-12)21(25)26/h2-10,22-23H,1H3/b9-3+. The van der Waals surface area contributed by atoms with Crippen LogP contribution in [0.1, 0.15) is 20.9 Å². The highest BCUT2D eigenvalue weighted by atomic mass is 32.1. The maximum Gasteiger partial charge on any atom is 0.311 e. The molecule has 27 heavy (non-hydrogen) atoms. The van der Waals surface area contributed by atoms with Gasteiger partial charge >= 0.3 is 5.69 Å². The first kappa shape index (κ1) is 18.3. The van der Waals surface area contributed by atoms with Gasteiger partial charge < -0.3 is 10.2 Å². The molecule has 8 heteroatoms. The monoisotopic (exact) mass is 382 g/mol. The number of aromatic nitrogens is 1. The van der Waals surface area contributed by atoms with Crippen LogP contribution in [0.15, 0.2) is 48.5 Å². The van der Waals surface area contributed by atoms with Crippen molar-refractivity contribution >= 4 is 28.9 Å². The molecule has 0 saturated heterocycles. The van der Waals surface area contributed by atoms with Crippen LogP contribution in [0.25, 0.3) is 16.6 Å². The Bertz CT molecular complexity index is 1050. The lowest BCUT2D eigenvalue weighted by Gasteiger charge is -1.97. The number of rotatable bonds is 5. The average molecular weight is 382 g/mol. The van der Waals surface area contributed by atoms with E-state index in [1.165, 1.54) is 41.7 Å². The fraction of sp³-hybridized carbons (Fsp3) is 0.0526. The summed E-state index contributed by atoms with van der Waals surface area (Å²) in [6.07, 6.45) is 2.77. The van der Waals surface area contributed by atoms with Crippen LogP contribution in [0, 0.1) is 17.0 Å². The van der Waals surface area contributed by atoms with Crippen molar-refractivity contribution in [2.24, 2.45) is 0 Å². The van der Waals surface area contributed by atoms with Crippen LogP contribution in [0.3, 0.4) is 0 Å². The van der Waals surface area contributed by atoms with Crippen LogP contribution in [-0.4, -0.2) is 25.9 Å². The number of hydrogen-bond donors (Lipinski definition) is 2. The molecular formula is C19H14N2O5S. The zero-order valence-corrected chi connectivity index (χ0v) is 14.9. The number of aromatic hydroxyl groups is 2. The topological polar surface area (TPSA) is 114 Å². The van der Waals surface area contributed by atoms with Crippen molar-refractivity contribution in [2.45, 2.75) is 6.92 Å². The van der Waals surface area contributed by atoms with E-state index in [2.05, 4.69) is 4.98 Å². The number of aryl methyl sites for hydroxylation is 1. The highest BCUT2D eigenvalue weighted by molar-refractivity contribution is 7.17. The lowest BCUT2D eigenvalue weighted by atomic mass is 10.1. The third-order valence-electron chi connectivity index (χ3n) is 3.76. The van der Waals surface area contributed by atoms with Crippen molar-refractivity contribution in [1.29, 1.82) is 0 Å². The normalized spacial score (nSPS) is 11.0. The first-order valence-electron chi connectivity index (χ1n) is 7.82. The molecule has 0 bridgehead atoms. The molecule has 0 aliphatic carbocycles. The van der Waals surface area contributed by atoms with E-state index in [1.807, 2.05) is 0 Å². The summed E-state index contributed by atoms with van der Waals surface area (Å²) in [6.45, 7) is 1.73. The van der Waals surface area contributed by atoms with Crippen LogP contribution >= 0.6 is 11.3 Å². The Kier molecular flexibility index (Phi) is 5.00. The van der Waals surface area contributed by atoms with Gasteiger partial charge in [-0.25, -0.2) is 4.98 Å². The number of allylic oxidation sites excluding steroid dienone is 1. The fourth-order valence-corrected chi connectivity index (χ4v) is 3.38. The second-order valence-electron chi connectivity index (χ2n) is 5.68. The number of thiazole rings is 1. The molecule has 7 nitrogen and oxygen atoms in total. The van der Waals surface area contributed by atoms with Gasteiger partial charge in [-0.3, -0.25) is 14.9 Å². The molecule has 2 N–H and O–H groups in total. The highest BCUT2D eigenvalue weighted by Crippen LogP contribution is 2.30. The number of ketones is 1. The van der Waals surface area contributed by atoms with Gasteiger partial charge in [0.25, 0.3) is 0 Å². The number of carbonyl (C=O) groups excluding carboxylic acids is 1. The van der Waals surface area contributed by atoms with E-state index in [4.69, 9.17) is 0 Å². The van der Waals surface area contributed by atoms with E-state index in [0.717, 1.165) is 5.56 Å². The minimum Gasteiger partial charge on any atom is -0.508 e. The van der Waals surface area contributed by atoms with E-state index in [9.17, 15) is 25.1 Å².